The molecule has 1 atom stereocenters. The molecule has 0 aliphatic carbocycles. The molecule has 2 heterocycles. The number of likely N-dealkylation sites (tertiary alicyclic amines) is 1. The third-order valence-corrected chi connectivity index (χ3v) is 5.31. The molecule has 1 aliphatic rings. The number of aromatic nitrogens is 3. The number of nitrogens with zero attached hydrogens (tertiary/aromatic N) is 4. The zero-order chi connectivity index (χ0) is 20.2. The van der Waals surface area contributed by atoms with E-state index in [1.54, 1.807) is 18.5 Å². The highest BCUT2D eigenvalue weighted by molar-refractivity contribution is 5.96. The molecule has 3 aromatic rings. The van der Waals surface area contributed by atoms with Gasteiger partial charge in [-0.3, -0.25) is 9.69 Å². The van der Waals surface area contributed by atoms with Gasteiger partial charge in [-0.15, -0.1) is 10.2 Å². The van der Waals surface area contributed by atoms with Crippen molar-refractivity contribution in [3.63, 3.8) is 0 Å². The molecule has 1 N–H and O–H groups in total. The van der Waals surface area contributed by atoms with Crippen molar-refractivity contribution < 1.29 is 9.18 Å². The van der Waals surface area contributed by atoms with Gasteiger partial charge >= 0.3 is 0 Å². The topological polar surface area (TPSA) is 63.1 Å². The van der Waals surface area contributed by atoms with Crippen LogP contribution in [0.25, 0.3) is 11.4 Å². The molecule has 2 aromatic carbocycles. The molecule has 1 saturated heterocycles. The van der Waals surface area contributed by atoms with Crippen LogP contribution in [0, 0.1) is 11.7 Å². The maximum Gasteiger partial charge on any atom is 0.228 e. The molecule has 0 bridgehead atoms. The van der Waals surface area contributed by atoms with Crippen LogP contribution in [-0.2, 0) is 18.4 Å². The number of amides is 1. The monoisotopic (exact) mass is 393 g/mol. The Morgan fingerprint density at radius 2 is 2.10 bits per heavy atom. The molecule has 0 spiro atoms. The highest BCUT2D eigenvalue weighted by atomic mass is 19.1. The third-order valence-electron chi connectivity index (χ3n) is 5.31. The zero-order valence-corrected chi connectivity index (χ0v) is 16.4. The number of hydrogen-bond donors (Lipinski definition) is 1. The van der Waals surface area contributed by atoms with Gasteiger partial charge in [-0.1, -0.05) is 24.3 Å². The van der Waals surface area contributed by atoms with Crippen LogP contribution in [0.2, 0.25) is 0 Å². The lowest BCUT2D eigenvalue weighted by Crippen LogP contribution is -2.40. The third kappa shape index (κ3) is 4.51. The van der Waals surface area contributed by atoms with Gasteiger partial charge in [-0.05, 0) is 49.2 Å². The van der Waals surface area contributed by atoms with Gasteiger partial charge < -0.3 is 9.88 Å². The predicted molar refractivity (Wildman–Crippen MR) is 109 cm³/mol. The minimum Gasteiger partial charge on any atom is -0.325 e. The van der Waals surface area contributed by atoms with Gasteiger partial charge in [0.1, 0.15) is 12.1 Å². The number of piperidine rings is 1. The van der Waals surface area contributed by atoms with E-state index in [9.17, 15) is 9.18 Å². The second-order valence-electron chi connectivity index (χ2n) is 7.50. The van der Waals surface area contributed by atoms with Gasteiger partial charge in [0.2, 0.25) is 5.91 Å². The molecule has 1 unspecified atom stereocenters. The van der Waals surface area contributed by atoms with Crippen LogP contribution in [0.3, 0.4) is 0 Å². The summed E-state index contributed by atoms with van der Waals surface area (Å²) in [6, 6.07) is 14.3. The van der Waals surface area contributed by atoms with Crippen molar-refractivity contribution in [1.29, 1.82) is 0 Å². The van der Waals surface area contributed by atoms with E-state index in [1.165, 1.54) is 6.07 Å². The van der Waals surface area contributed by atoms with Gasteiger partial charge in [-0.2, -0.15) is 0 Å². The number of carbonyl (C=O) groups is 1. The van der Waals surface area contributed by atoms with Crippen molar-refractivity contribution in [3.8, 4) is 11.4 Å². The van der Waals surface area contributed by atoms with Gasteiger partial charge in [0.05, 0.1) is 11.6 Å². The van der Waals surface area contributed by atoms with E-state index >= 15 is 0 Å². The van der Waals surface area contributed by atoms with Crippen molar-refractivity contribution in [2.24, 2.45) is 13.0 Å². The number of benzene rings is 2. The molecular formula is C22H24FN5O. The fourth-order valence-electron chi connectivity index (χ4n) is 3.86. The maximum atomic E-state index is 13.5. The van der Waals surface area contributed by atoms with Gasteiger partial charge in [0, 0.05) is 25.7 Å². The van der Waals surface area contributed by atoms with Gasteiger partial charge in [-0.25, -0.2) is 4.39 Å². The summed E-state index contributed by atoms with van der Waals surface area (Å²) >= 11 is 0. The molecule has 7 heteroatoms. The van der Waals surface area contributed by atoms with Crippen molar-refractivity contribution in [1.82, 2.24) is 19.7 Å². The fraction of sp³-hybridized carbons (Fsp3) is 0.318. The molecule has 29 heavy (non-hydrogen) atoms. The first-order valence-corrected chi connectivity index (χ1v) is 9.81. The number of halogens is 1. The molecule has 1 fully saturated rings. The second kappa shape index (κ2) is 8.53. The van der Waals surface area contributed by atoms with Crippen LogP contribution < -0.4 is 5.32 Å². The molecule has 1 aliphatic heterocycles. The molecule has 0 radical (unpaired) electrons. The molecule has 0 saturated carbocycles. The minimum atomic E-state index is -0.228. The molecule has 6 nitrogen and oxygen atoms in total. The number of hydrogen-bond acceptors (Lipinski definition) is 4. The van der Waals surface area contributed by atoms with E-state index in [0.29, 0.717) is 18.9 Å². The minimum absolute atomic E-state index is 0.00330. The normalized spacial score (nSPS) is 17.2. The number of para-hydroxylation sites is 1. The van der Waals surface area contributed by atoms with E-state index in [4.69, 9.17) is 0 Å². The Labute approximate surface area is 169 Å². The number of rotatable bonds is 5. The van der Waals surface area contributed by atoms with Crippen molar-refractivity contribution in [2.75, 3.05) is 18.4 Å². The van der Waals surface area contributed by atoms with Crippen LogP contribution in [0.1, 0.15) is 18.4 Å². The Balaban J connectivity index is 1.44. The molecule has 4 rings (SSSR count). The first kappa shape index (κ1) is 19.3. The summed E-state index contributed by atoms with van der Waals surface area (Å²) < 4.78 is 15.3. The first-order valence-electron chi connectivity index (χ1n) is 9.81. The molecule has 150 valence electrons. The Hall–Kier alpha value is -3.06. The van der Waals surface area contributed by atoms with Gasteiger partial charge in [0.25, 0.3) is 0 Å². The predicted octanol–water partition coefficient (Wildman–Crippen LogP) is 3.47. The summed E-state index contributed by atoms with van der Waals surface area (Å²) in [7, 11) is 1.87. The quantitative estimate of drug-likeness (QED) is 0.721. The maximum absolute atomic E-state index is 13.5. The number of nitrogens with one attached hydrogen (secondary N) is 1. The van der Waals surface area contributed by atoms with Crippen LogP contribution in [0.15, 0.2) is 54.9 Å². The Bertz CT molecular complexity index is 1000. The molecule has 1 aromatic heterocycles. The first-order chi connectivity index (χ1) is 14.1. The zero-order valence-electron chi connectivity index (χ0n) is 16.4. The summed E-state index contributed by atoms with van der Waals surface area (Å²) in [6.45, 7) is 2.22. The van der Waals surface area contributed by atoms with Crippen molar-refractivity contribution in [2.45, 2.75) is 19.4 Å². The molecular weight excluding hydrogens is 369 g/mol. The summed E-state index contributed by atoms with van der Waals surface area (Å²) in [6.07, 6.45) is 3.43. The second-order valence-corrected chi connectivity index (χ2v) is 7.50. The number of carbonyl (C=O) groups excluding carboxylic acids is 1. The van der Waals surface area contributed by atoms with E-state index < -0.39 is 0 Å². The average molecular weight is 393 g/mol. The van der Waals surface area contributed by atoms with Gasteiger partial charge in [0.15, 0.2) is 5.82 Å². The highest BCUT2D eigenvalue weighted by Crippen LogP contribution is 2.27. The van der Waals surface area contributed by atoms with Crippen LogP contribution in [-0.4, -0.2) is 38.7 Å². The van der Waals surface area contributed by atoms with E-state index in [2.05, 4.69) is 20.4 Å². The van der Waals surface area contributed by atoms with E-state index in [-0.39, 0.29) is 17.6 Å². The van der Waals surface area contributed by atoms with Crippen LogP contribution in [0.4, 0.5) is 10.1 Å². The lowest BCUT2D eigenvalue weighted by Gasteiger charge is -2.32. The lowest BCUT2D eigenvalue weighted by molar-refractivity contribution is -0.121. The van der Waals surface area contributed by atoms with E-state index in [0.717, 1.165) is 36.2 Å². The standard InChI is InChI=1S/C22H24FN5O/c1-27-15-24-26-21(27)19-9-2-3-10-20(19)25-22(29)17-7-5-11-28(14-17)13-16-6-4-8-18(23)12-16/h2-4,6,8-10,12,15,17H,5,7,11,13-14H2,1H3,(H,25,29). The van der Waals surface area contributed by atoms with Crippen LogP contribution >= 0.6 is 0 Å². The Morgan fingerprint density at radius 3 is 2.90 bits per heavy atom. The largest absolute Gasteiger partial charge is 0.325 e. The van der Waals surface area contributed by atoms with Crippen molar-refractivity contribution >= 4 is 11.6 Å². The Morgan fingerprint density at radius 1 is 1.24 bits per heavy atom. The smallest absolute Gasteiger partial charge is 0.228 e. The highest BCUT2D eigenvalue weighted by Gasteiger charge is 2.26. The summed E-state index contributed by atoms with van der Waals surface area (Å²) in [4.78, 5) is 15.2. The fourth-order valence-corrected chi connectivity index (χ4v) is 3.86. The summed E-state index contributed by atoms with van der Waals surface area (Å²) in [5, 5.41) is 11.2. The number of anilines is 1. The van der Waals surface area contributed by atoms with Crippen molar-refractivity contribution in [3.05, 3.63) is 66.2 Å². The average Bonchev–Trinajstić information content (AvgIpc) is 3.14. The summed E-state index contributed by atoms with van der Waals surface area (Å²) in [5.74, 6) is 0.375. The Kier molecular flexibility index (Phi) is 5.67. The van der Waals surface area contributed by atoms with Crippen LogP contribution in [0.5, 0.6) is 0 Å². The van der Waals surface area contributed by atoms with E-state index in [1.807, 2.05) is 41.9 Å². The SMILES string of the molecule is Cn1cnnc1-c1ccccc1NC(=O)C1CCCN(Cc2cccc(F)c2)C1. The lowest BCUT2D eigenvalue weighted by atomic mass is 9.96. The number of aryl methyl sites for hydroxylation is 1. The molecule has 1 amide bonds. The summed E-state index contributed by atoms with van der Waals surface area (Å²) in [5.41, 5.74) is 2.50.